The lowest BCUT2D eigenvalue weighted by molar-refractivity contribution is 0.101. The molecule has 3 aromatic heterocycles. The maximum Gasteiger partial charge on any atom is 0.255 e. The van der Waals surface area contributed by atoms with Crippen molar-refractivity contribution in [1.29, 1.82) is 0 Å². The summed E-state index contributed by atoms with van der Waals surface area (Å²) in [5.74, 6) is 2.30. The minimum atomic E-state index is 0.0352. The molecule has 0 saturated carbocycles. The van der Waals surface area contributed by atoms with Crippen LogP contribution in [0.15, 0.2) is 53.1 Å². The van der Waals surface area contributed by atoms with Gasteiger partial charge in [-0.1, -0.05) is 0 Å². The standard InChI is InChI=1S/C18H15N5O2/c1-11-10-16(20-14-7-5-13(6-8-14)12(2)24)23-18(19-11)21-17(22-23)15-4-3-9-25-15/h3-10,20H,1-2H3. The third-order valence-corrected chi connectivity index (χ3v) is 3.75. The van der Waals surface area contributed by atoms with Gasteiger partial charge >= 0.3 is 0 Å². The zero-order chi connectivity index (χ0) is 17.4. The van der Waals surface area contributed by atoms with Crippen LogP contribution >= 0.6 is 0 Å². The largest absolute Gasteiger partial charge is 0.461 e. The maximum absolute atomic E-state index is 11.4. The molecule has 0 atom stereocenters. The Bertz CT molecular complexity index is 1050. The van der Waals surface area contributed by atoms with Gasteiger partial charge in [-0.25, -0.2) is 4.98 Å². The molecule has 25 heavy (non-hydrogen) atoms. The first-order valence-electron chi connectivity index (χ1n) is 7.76. The quantitative estimate of drug-likeness (QED) is 0.574. The van der Waals surface area contributed by atoms with Crippen LogP contribution in [-0.2, 0) is 0 Å². The van der Waals surface area contributed by atoms with Crippen LogP contribution in [0.5, 0.6) is 0 Å². The number of hydrogen-bond acceptors (Lipinski definition) is 6. The Kier molecular flexibility index (Phi) is 3.53. The zero-order valence-corrected chi connectivity index (χ0v) is 13.7. The first kappa shape index (κ1) is 15.1. The van der Waals surface area contributed by atoms with E-state index in [1.807, 2.05) is 25.1 Å². The van der Waals surface area contributed by atoms with Gasteiger partial charge in [-0.15, -0.1) is 5.10 Å². The first-order valence-corrected chi connectivity index (χ1v) is 7.76. The highest BCUT2D eigenvalue weighted by Crippen LogP contribution is 2.22. The van der Waals surface area contributed by atoms with Crippen molar-refractivity contribution in [3.63, 3.8) is 0 Å². The van der Waals surface area contributed by atoms with Gasteiger partial charge < -0.3 is 9.73 Å². The van der Waals surface area contributed by atoms with E-state index in [0.29, 0.717) is 22.9 Å². The number of benzene rings is 1. The summed E-state index contributed by atoms with van der Waals surface area (Å²) in [5.41, 5.74) is 2.32. The summed E-state index contributed by atoms with van der Waals surface area (Å²) >= 11 is 0. The predicted octanol–water partition coefficient (Wildman–Crippen LogP) is 3.64. The average Bonchev–Trinajstić information content (AvgIpc) is 3.24. The van der Waals surface area contributed by atoms with Gasteiger partial charge in [0, 0.05) is 23.0 Å². The molecule has 0 amide bonds. The van der Waals surface area contributed by atoms with Gasteiger partial charge in [-0.2, -0.15) is 9.50 Å². The van der Waals surface area contributed by atoms with E-state index in [-0.39, 0.29) is 5.78 Å². The van der Waals surface area contributed by atoms with E-state index in [1.165, 1.54) is 0 Å². The molecule has 1 N–H and O–H groups in total. The molecule has 0 aliphatic carbocycles. The van der Waals surface area contributed by atoms with Crippen LogP contribution < -0.4 is 5.32 Å². The number of carbonyl (C=O) groups excluding carboxylic acids is 1. The Labute approximate surface area is 143 Å². The molecular formula is C18H15N5O2. The Hall–Kier alpha value is -3.48. The maximum atomic E-state index is 11.4. The minimum absolute atomic E-state index is 0.0352. The van der Waals surface area contributed by atoms with E-state index < -0.39 is 0 Å². The molecule has 0 unspecified atom stereocenters. The number of nitrogens with zero attached hydrogens (tertiary/aromatic N) is 4. The third-order valence-electron chi connectivity index (χ3n) is 3.75. The number of fused-ring (bicyclic) bond motifs is 1. The van der Waals surface area contributed by atoms with E-state index in [4.69, 9.17) is 4.42 Å². The fourth-order valence-electron chi connectivity index (χ4n) is 2.52. The molecule has 4 aromatic rings. The van der Waals surface area contributed by atoms with Gasteiger partial charge in [0.2, 0.25) is 5.82 Å². The van der Waals surface area contributed by atoms with Crippen molar-refractivity contribution < 1.29 is 9.21 Å². The van der Waals surface area contributed by atoms with E-state index in [0.717, 1.165) is 17.2 Å². The van der Waals surface area contributed by atoms with E-state index in [2.05, 4.69) is 20.4 Å². The fourth-order valence-corrected chi connectivity index (χ4v) is 2.52. The van der Waals surface area contributed by atoms with E-state index in [9.17, 15) is 4.79 Å². The van der Waals surface area contributed by atoms with Crippen LogP contribution in [-0.4, -0.2) is 25.4 Å². The lowest BCUT2D eigenvalue weighted by atomic mass is 10.1. The highest BCUT2D eigenvalue weighted by molar-refractivity contribution is 5.94. The third kappa shape index (κ3) is 2.87. The zero-order valence-electron chi connectivity index (χ0n) is 13.7. The molecule has 0 aliphatic rings. The highest BCUT2D eigenvalue weighted by atomic mass is 16.3. The highest BCUT2D eigenvalue weighted by Gasteiger charge is 2.13. The van der Waals surface area contributed by atoms with Crippen molar-refractivity contribution >= 4 is 23.1 Å². The number of anilines is 2. The number of carbonyl (C=O) groups is 1. The van der Waals surface area contributed by atoms with Crippen LogP contribution in [0.4, 0.5) is 11.5 Å². The molecule has 3 heterocycles. The summed E-state index contributed by atoms with van der Waals surface area (Å²) < 4.78 is 6.98. The molecule has 4 rings (SSSR count). The van der Waals surface area contributed by atoms with E-state index in [1.54, 1.807) is 42.0 Å². The molecular weight excluding hydrogens is 318 g/mol. The van der Waals surface area contributed by atoms with Gasteiger partial charge in [-0.3, -0.25) is 4.79 Å². The number of rotatable bonds is 4. The lowest BCUT2D eigenvalue weighted by Crippen LogP contribution is -2.03. The van der Waals surface area contributed by atoms with Gasteiger partial charge in [0.05, 0.1) is 6.26 Å². The molecule has 124 valence electrons. The number of furan rings is 1. The number of hydrogen-bond donors (Lipinski definition) is 1. The summed E-state index contributed by atoms with van der Waals surface area (Å²) in [6, 6.07) is 12.7. The SMILES string of the molecule is CC(=O)c1ccc(Nc2cc(C)nc3nc(-c4ccco4)nn23)cc1. The Morgan fingerprint density at radius 2 is 1.96 bits per heavy atom. The Morgan fingerprint density at radius 3 is 2.64 bits per heavy atom. The van der Waals surface area contributed by atoms with Crippen LogP contribution in [0.2, 0.25) is 0 Å². The normalized spacial score (nSPS) is 11.0. The van der Waals surface area contributed by atoms with Gasteiger partial charge in [0.1, 0.15) is 5.82 Å². The second-order valence-corrected chi connectivity index (χ2v) is 5.67. The summed E-state index contributed by atoms with van der Waals surface area (Å²) in [7, 11) is 0. The van der Waals surface area contributed by atoms with Crippen molar-refractivity contribution in [3.8, 4) is 11.6 Å². The molecule has 0 aliphatic heterocycles. The fraction of sp³-hybridized carbons (Fsp3) is 0.111. The molecule has 0 radical (unpaired) electrons. The molecule has 0 fully saturated rings. The van der Waals surface area contributed by atoms with Crippen LogP contribution in [0, 0.1) is 6.92 Å². The van der Waals surface area contributed by atoms with Crippen LogP contribution in [0.1, 0.15) is 23.0 Å². The first-order chi connectivity index (χ1) is 12.1. The van der Waals surface area contributed by atoms with Crippen LogP contribution in [0.25, 0.3) is 17.4 Å². The number of ketones is 1. The minimum Gasteiger partial charge on any atom is -0.461 e. The van der Waals surface area contributed by atoms with Crippen LogP contribution in [0.3, 0.4) is 0 Å². The number of aromatic nitrogens is 4. The predicted molar refractivity (Wildman–Crippen MR) is 93.0 cm³/mol. The lowest BCUT2D eigenvalue weighted by Gasteiger charge is -2.09. The summed E-state index contributed by atoms with van der Waals surface area (Å²) in [6.45, 7) is 3.44. The van der Waals surface area contributed by atoms with E-state index >= 15 is 0 Å². The molecule has 7 heteroatoms. The number of nitrogens with one attached hydrogen (secondary N) is 1. The summed E-state index contributed by atoms with van der Waals surface area (Å²) in [5, 5.41) is 7.76. The van der Waals surface area contributed by atoms with Crippen molar-refractivity contribution in [2.45, 2.75) is 13.8 Å². The smallest absolute Gasteiger partial charge is 0.255 e. The number of aryl methyl sites for hydroxylation is 1. The second-order valence-electron chi connectivity index (χ2n) is 5.67. The van der Waals surface area contributed by atoms with Crippen molar-refractivity contribution in [2.24, 2.45) is 0 Å². The molecule has 1 aromatic carbocycles. The summed E-state index contributed by atoms with van der Waals surface area (Å²) in [4.78, 5) is 20.2. The molecule has 0 spiro atoms. The average molecular weight is 333 g/mol. The van der Waals surface area contributed by atoms with Gasteiger partial charge in [0.25, 0.3) is 5.78 Å². The number of Topliss-reactive ketones (excluding diaryl/α,β-unsaturated/α-hetero) is 1. The summed E-state index contributed by atoms with van der Waals surface area (Å²) in [6.07, 6.45) is 1.58. The molecule has 7 nitrogen and oxygen atoms in total. The van der Waals surface area contributed by atoms with Gasteiger partial charge in [-0.05, 0) is 50.2 Å². The molecule has 0 saturated heterocycles. The van der Waals surface area contributed by atoms with Crippen molar-refractivity contribution in [1.82, 2.24) is 19.6 Å². The monoisotopic (exact) mass is 333 g/mol. The topological polar surface area (TPSA) is 85.3 Å². The molecule has 0 bridgehead atoms. The second kappa shape index (κ2) is 5.86. The van der Waals surface area contributed by atoms with Crippen molar-refractivity contribution in [2.75, 3.05) is 5.32 Å². The Morgan fingerprint density at radius 1 is 1.16 bits per heavy atom. The Balaban J connectivity index is 1.74. The van der Waals surface area contributed by atoms with Gasteiger partial charge in [0.15, 0.2) is 11.5 Å². The van der Waals surface area contributed by atoms with Crippen molar-refractivity contribution in [3.05, 3.63) is 60.0 Å².